The van der Waals surface area contributed by atoms with Crippen molar-refractivity contribution in [1.82, 2.24) is 24.4 Å². The smallest absolute Gasteiger partial charge is 0.256 e. The molecular formula is C21H25N5O2. The SMILES string of the molecule is CC(C)c1cc(=O)n(CC2CCN(C(=O)c3c[nH]c4ncccc34)CC2)cn1. The van der Waals surface area contributed by atoms with Crippen molar-refractivity contribution in [3.05, 3.63) is 58.5 Å². The summed E-state index contributed by atoms with van der Waals surface area (Å²) in [5.74, 6) is 0.659. The van der Waals surface area contributed by atoms with E-state index in [1.165, 1.54) is 0 Å². The second-order valence-electron chi connectivity index (χ2n) is 7.80. The van der Waals surface area contributed by atoms with Crippen LogP contribution in [0.1, 0.15) is 48.7 Å². The molecule has 0 saturated carbocycles. The van der Waals surface area contributed by atoms with Crippen molar-refractivity contribution in [3.63, 3.8) is 0 Å². The molecule has 3 aromatic rings. The molecule has 0 unspecified atom stereocenters. The summed E-state index contributed by atoms with van der Waals surface area (Å²) in [7, 11) is 0. The molecule has 4 heterocycles. The highest BCUT2D eigenvalue weighted by Crippen LogP contribution is 2.23. The topological polar surface area (TPSA) is 83.9 Å². The van der Waals surface area contributed by atoms with Crippen molar-refractivity contribution in [1.29, 1.82) is 0 Å². The molecule has 146 valence electrons. The number of carbonyl (C=O) groups is 1. The van der Waals surface area contributed by atoms with E-state index in [4.69, 9.17) is 0 Å². The van der Waals surface area contributed by atoms with E-state index in [0.29, 0.717) is 31.1 Å². The van der Waals surface area contributed by atoms with Crippen LogP contribution in [0.3, 0.4) is 0 Å². The number of H-pyrrole nitrogens is 1. The van der Waals surface area contributed by atoms with Crippen LogP contribution in [-0.2, 0) is 6.54 Å². The quantitative estimate of drug-likeness (QED) is 0.755. The number of rotatable bonds is 4. The number of hydrogen-bond acceptors (Lipinski definition) is 4. The van der Waals surface area contributed by atoms with Gasteiger partial charge in [-0.1, -0.05) is 13.8 Å². The Labute approximate surface area is 163 Å². The van der Waals surface area contributed by atoms with Crippen LogP contribution in [0.25, 0.3) is 11.0 Å². The largest absolute Gasteiger partial charge is 0.345 e. The Morgan fingerprint density at radius 2 is 2.07 bits per heavy atom. The lowest BCUT2D eigenvalue weighted by molar-refractivity contribution is 0.0684. The fourth-order valence-electron chi connectivity index (χ4n) is 3.79. The van der Waals surface area contributed by atoms with Crippen LogP contribution in [0.2, 0.25) is 0 Å². The van der Waals surface area contributed by atoms with E-state index >= 15 is 0 Å². The molecule has 0 atom stereocenters. The maximum atomic E-state index is 12.9. The summed E-state index contributed by atoms with van der Waals surface area (Å²) in [5, 5.41) is 0.859. The van der Waals surface area contributed by atoms with Gasteiger partial charge >= 0.3 is 0 Å². The molecule has 1 amide bonds. The molecule has 4 rings (SSSR count). The summed E-state index contributed by atoms with van der Waals surface area (Å²) < 4.78 is 1.69. The van der Waals surface area contributed by atoms with Gasteiger partial charge in [-0.05, 0) is 36.8 Å². The number of amides is 1. The number of carbonyl (C=O) groups excluding carboxylic acids is 1. The van der Waals surface area contributed by atoms with Crippen LogP contribution >= 0.6 is 0 Å². The van der Waals surface area contributed by atoms with E-state index < -0.39 is 0 Å². The predicted molar refractivity (Wildman–Crippen MR) is 107 cm³/mol. The second-order valence-corrected chi connectivity index (χ2v) is 7.80. The predicted octanol–water partition coefficient (Wildman–Crippen LogP) is 2.80. The number of likely N-dealkylation sites (tertiary alicyclic amines) is 1. The van der Waals surface area contributed by atoms with Crippen LogP contribution in [0, 0.1) is 5.92 Å². The molecule has 28 heavy (non-hydrogen) atoms. The minimum atomic E-state index is 0.00324. The number of hydrogen-bond donors (Lipinski definition) is 1. The molecule has 7 nitrogen and oxygen atoms in total. The van der Waals surface area contributed by atoms with Crippen molar-refractivity contribution in [2.75, 3.05) is 13.1 Å². The van der Waals surface area contributed by atoms with Gasteiger partial charge in [-0.3, -0.25) is 14.2 Å². The van der Waals surface area contributed by atoms with Gasteiger partial charge < -0.3 is 9.88 Å². The first kappa shape index (κ1) is 18.4. The van der Waals surface area contributed by atoms with Gasteiger partial charge in [-0.25, -0.2) is 9.97 Å². The zero-order valence-electron chi connectivity index (χ0n) is 16.3. The lowest BCUT2D eigenvalue weighted by Gasteiger charge is -2.32. The molecule has 0 radical (unpaired) electrons. The standard InChI is InChI=1S/C21H25N5O2/c1-14(2)18-10-19(27)26(13-24-18)12-15-5-8-25(9-6-15)21(28)17-11-23-20-16(17)4-3-7-22-20/h3-4,7,10-11,13-15H,5-6,8-9,12H2,1-2H3,(H,22,23). The molecular weight excluding hydrogens is 354 g/mol. The summed E-state index contributed by atoms with van der Waals surface area (Å²) in [6.07, 6.45) is 6.88. The van der Waals surface area contributed by atoms with Gasteiger partial charge in [-0.15, -0.1) is 0 Å². The molecule has 3 aromatic heterocycles. The molecule has 1 aliphatic rings. The van der Waals surface area contributed by atoms with Gasteiger partial charge in [0.1, 0.15) is 5.65 Å². The Balaban J connectivity index is 1.39. The molecule has 1 N–H and O–H groups in total. The number of nitrogens with zero attached hydrogens (tertiary/aromatic N) is 4. The summed E-state index contributed by atoms with van der Waals surface area (Å²) in [6.45, 7) is 6.11. The third kappa shape index (κ3) is 3.56. The average Bonchev–Trinajstić information content (AvgIpc) is 3.13. The number of pyridine rings is 1. The highest BCUT2D eigenvalue weighted by atomic mass is 16.2. The van der Waals surface area contributed by atoms with Crippen LogP contribution in [0.4, 0.5) is 0 Å². The van der Waals surface area contributed by atoms with E-state index in [9.17, 15) is 9.59 Å². The first-order valence-corrected chi connectivity index (χ1v) is 9.80. The molecule has 1 fully saturated rings. The maximum absolute atomic E-state index is 12.9. The van der Waals surface area contributed by atoms with Crippen molar-refractivity contribution in [2.24, 2.45) is 5.92 Å². The monoisotopic (exact) mass is 379 g/mol. The van der Waals surface area contributed by atoms with E-state index in [1.54, 1.807) is 29.4 Å². The summed E-state index contributed by atoms with van der Waals surface area (Å²) in [4.78, 5) is 38.8. The van der Waals surface area contributed by atoms with Crippen LogP contribution in [-0.4, -0.2) is 43.4 Å². The molecule has 0 bridgehead atoms. The lowest BCUT2D eigenvalue weighted by Crippen LogP contribution is -2.40. The number of fused-ring (bicyclic) bond motifs is 1. The Morgan fingerprint density at radius 1 is 1.29 bits per heavy atom. The van der Waals surface area contributed by atoms with Crippen molar-refractivity contribution in [3.8, 4) is 0 Å². The fraction of sp³-hybridized carbons (Fsp3) is 0.429. The van der Waals surface area contributed by atoms with Crippen LogP contribution < -0.4 is 5.56 Å². The Morgan fingerprint density at radius 3 is 2.79 bits per heavy atom. The molecule has 0 aliphatic carbocycles. The minimum Gasteiger partial charge on any atom is -0.345 e. The summed E-state index contributed by atoms with van der Waals surface area (Å²) >= 11 is 0. The second kappa shape index (κ2) is 7.58. The minimum absolute atomic E-state index is 0.00324. The number of aromatic nitrogens is 4. The zero-order chi connectivity index (χ0) is 19.7. The first-order chi connectivity index (χ1) is 13.5. The fourth-order valence-corrected chi connectivity index (χ4v) is 3.79. The molecule has 7 heteroatoms. The third-order valence-electron chi connectivity index (χ3n) is 5.53. The molecule has 0 spiro atoms. The normalized spacial score (nSPS) is 15.5. The Kier molecular flexibility index (Phi) is 4.98. The van der Waals surface area contributed by atoms with E-state index in [1.807, 2.05) is 30.9 Å². The summed E-state index contributed by atoms with van der Waals surface area (Å²) in [5.41, 5.74) is 2.24. The maximum Gasteiger partial charge on any atom is 0.256 e. The van der Waals surface area contributed by atoms with Crippen molar-refractivity contribution >= 4 is 16.9 Å². The number of aromatic amines is 1. The van der Waals surface area contributed by atoms with E-state index in [-0.39, 0.29) is 17.4 Å². The zero-order valence-corrected chi connectivity index (χ0v) is 16.3. The molecule has 1 saturated heterocycles. The summed E-state index contributed by atoms with van der Waals surface area (Å²) in [6, 6.07) is 5.39. The number of nitrogens with one attached hydrogen (secondary N) is 1. The third-order valence-corrected chi connectivity index (χ3v) is 5.53. The van der Waals surface area contributed by atoms with Gasteiger partial charge in [0.25, 0.3) is 11.5 Å². The van der Waals surface area contributed by atoms with E-state index in [2.05, 4.69) is 15.0 Å². The number of piperidine rings is 1. The first-order valence-electron chi connectivity index (χ1n) is 9.80. The van der Waals surface area contributed by atoms with E-state index in [0.717, 1.165) is 29.6 Å². The van der Waals surface area contributed by atoms with Gasteiger partial charge in [0.05, 0.1) is 17.6 Å². The van der Waals surface area contributed by atoms with Gasteiger partial charge in [0, 0.05) is 43.5 Å². The van der Waals surface area contributed by atoms with Gasteiger partial charge in [0.2, 0.25) is 0 Å². The molecule has 0 aromatic carbocycles. The van der Waals surface area contributed by atoms with Crippen molar-refractivity contribution in [2.45, 2.75) is 39.2 Å². The molecule has 1 aliphatic heterocycles. The van der Waals surface area contributed by atoms with Crippen LogP contribution in [0.5, 0.6) is 0 Å². The lowest BCUT2D eigenvalue weighted by atomic mass is 9.96. The Hall–Kier alpha value is -2.96. The average molecular weight is 379 g/mol. The van der Waals surface area contributed by atoms with Crippen molar-refractivity contribution < 1.29 is 4.79 Å². The van der Waals surface area contributed by atoms with Crippen LogP contribution in [0.15, 0.2) is 41.7 Å². The van der Waals surface area contributed by atoms with Gasteiger partial charge in [-0.2, -0.15) is 0 Å². The highest BCUT2D eigenvalue weighted by molar-refractivity contribution is 6.05. The Bertz CT molecular complexity index is 1040. The van der Waals surface area contributed by atoms with Gasteiger partial charge in [0.15, 0.2) is 0 Å². The highest BCUT2D eigenvalue weighted by Gasteiger charge is 2.25.